The molecule has 1 fully saturated rings. The van der Waals surface area contributed by atoms with Crippen molar-refractivity contribution >= 4 is 40.8 Å². The van der Waals surface area contributed by atoms with Crippen LogP contribution in [0.2, 0.25) is 5.02 Å². The van der Waals surface area contributed by atoms with Gasteiger partial charge in [0.05, 0.1) is 30.7 Å². The molecule has 0 unspecified atom stereocenters. The van der Waals surface area contributed by atoms with Crippen LogP contribution in [0.15, 0.2) is 42.5 Å². The predicted octanol–water partition coefficient (Wildman–Crippen LogP) is 3.13. The summed E-state index contributed by atoms with van der Waals surface area (Å²) in [5, 5.41) is 2.96. The molecule has 1 aliphatic rings. The maximum atomic E-state index is 12.6. The topological polar surface area (TPSA) is 84.9 Å². The molecule has 2 amide bonds. The third kappa shape index (κ3) is 4.09. The minimum absolute atomic E-state index is 0.0977. The summed E-state index contributed by atoms with van der Waals surface area (Å²) in [7, 11) is 2.80. The quantitative estimate of drug-likeness (QED) is 0.776. The van der Waals surface area contributed by atoms with Gasteiger partial charge in [-0.15, -0.1) is 0 Å². The predicted molar refractivity (Wildman–Crippen MR) is 105 cm³/mol. The van der Waals surface area contributed by atoms with Crippen molar-refractivity contribution in [3.05, 3.63) is 53.1 Å². The van der Waals surface area contributed by atoms with E-state index in [9.17, 15) is 14.4 Å². The Morgan fingerprint density at radius 3 is 2.68 bits per heavy atom. The number of halogens is 1. The Kier molecular flexibility index (Phi) is 5.84. The smallest absolute Gasteiger partial charge is 0.339 e. The molecule has 2 aromatic carbocycles. The van der Waals surface area contributed by atoms with Gasteiger partial charge in [-0.25, -0.2) is 4.79 Å². The molecule has 0 aliphatic carbocycles. The number of carbonyl (C=O) groups is 3. The number of hydrogen-bond acceptors (Lipinski definition) is 5. The van der Waals surface area contributed by atoms with Gasteiger partial charge in [-0.3, -0.25) is 9.59 Å². The molecule has 0 spiro atoms. The fourth-order valence-electron chi connectivity index (χ4n) is 3.02. The molecule has 1 N–H and O–H groups in total. The molecule has 0 aromatic heterocycles. The van der Waals surface area contributed by atoms with E-state index in [0.29, 0.717) is 17.1 Å². The number of amides is 2. The zero-order valence-corrected chi connectivity index (χ0v) is 16.2. The van der Waals surface area contributed by atoms with Gasteiger partial charge in [0.2, 0.25) is 11.8 Å². The van der Waals surface area contributed by atoms with Crippen LogP contribution < -0.4 is 15.0 Å². The Morgan fingerprint density at radius 1 is 1.18 bits per heavy atom. The molecular weight excluding hydrogens is 384 g/mol. The number of nitrogens with one attached hydrogen (secondary N) is 1. The third-order valence-corrected chi connectivity index (χ3v) is 4.83. The summed E-state index contributed by atoms with van der Waals surface area (Å²) in [4.78, 5) is 38.3. The first-order valence-electron chi connectivity index (χ1n) is 8.56. The Labute approximate surface area is 167 Å². The van der Waals surface area contributed by atoms with Crippen LogP contribution in [0.25, 0.3) is 0 Å². The van der Waals surface area contributed by atoms with Crippen LogP contribution in [0.5, 0.6) is 5.75 Å². The molecule has 0 radical (unpaired) electrons. The summed E-state index contributed by atoms with van der Waals surface area (Å²) in [5.74, 6) is -0.927. The second kappa shape index (κ2) is 8.31. The van der Waals surface area contributed by atoms with Crippen LogP contribution in [-0.2, 0) is 14.3 Å². The largest absolute Gasteiger partial charge is 0.497 e. The summed E-state index contributed by atoms with van der Waals surface area (Å²) in [6, 6.07) is 11.7. The fourth-order valence-corrected chi connectivity index (χ4v) is 3.22. The molecule has 2 aromatic rings. The van der Waals surface area contributed by atoms with E-state index in [4.69, 9.17) is 16.3 Å². The van der Waals surface area contributed by atoms with Crippen LogP contribution >= 0.6 is 11.6 Å². The minimum Gasteiger partial charge on any atom is -0.497 e. The molecule has 0 bridgehead atoms. The first-order valence-corrected chi connectivity index (χ1v) is 8.94. The molecule has 7 nitrogen and oxygen atoms in total. The Hall–Kier alpha value is -3.06. The highest BCUT2D eigenvalue weighted by Gasteiger charge is 2.35. The highest BCUT2D eigenvalue weighted by Crippen LogP contribution is 2.29. The molecular formula is C20H19ClN2O5. The van der Waals surface area contributed by atoms with Crippen LogP contribution in [-0.4, -0.2) is 38.5 Å². The van der Waals surface area contributed by atoms with Crippen LogP contribution in [0.1, 0.15) is 16.8 Å². The van der Waals surface area contributed by atoms with Gasteiger partial charge in [-0.1, -0.05) is 17.7 Å². The van der Waals surface area contributed by atoms with Crippen molar-refractivity contribution in [1.82, 2.24) is 0 Å². The highest BCUT2D eigenvalue weighted by atomic mass is 35.5. The normalized spacial score (nSPS) is 16.0. The van der Waals surface area contributed by atoms with E-state index in [2.05, 4.69) is 10.1 Å². The Bertz CT molecular complexity index is 931. The molecule has 1 heterocycles. The molecule has 146 valence electrons. The number of benzene rings is 2. The SMILES string of the molecule is COC(=O)c1cc(NC(=O)[C@@H]2CC(=O)N(c3cccc(OC)c3)C2)ccc1Cl. The maximum Gasteiger partial charge on any atom is 0.339 e. The van der Waals surface area contributed by atoms with Crippen molar-refractivity contribution in [2.24, 2.45) is 5.92 Å². The second-order valence-electron chi connectivity index (χ2n) is 6.28. The van der Waals surface area contributed by atoms with Gasteiger partial charge in [-0.2, -0.15) is 0 Å². The summed E-state index contributed by atoms with van der Waals surface area (Å²) in [5.41, 5.74) is 1.24. The van der Waals surface area contributed by atoms with Crippen molar-refractivity contribution in [2.45, 2.75) is 6.42 Å². The minimum atomic E-state index is -0.596. The van der Waals surface area contributed by atoms with Crippen LogP contribution in [0.3, 0.4) is 0 Å². The average Bonchev–Trinajstić information content (AvgIpc) is 3.10. The molecule has 1 saturated heterocycles. The number of rotatable bonds is 5. The van der Waals surface area contributed by atoms with Gasteiger partial charge in [0.1, 0.15) is 5.75 Å². The fraction of sp³-hybridized carbons (Fsp3) is 0.250. The number of esters is 1. The van der Waals surface area contributed by atoms with Gasteiger partial charge in [0, 0.05) is 30.4 Å². The monoisotopic (exact) mass is 402 g/mol. The molecule has 28 heavy (non-hydrogen) atoms. The summed E-state index contributed by atoms with van der Waals surface area (Å²) < 4.78 is 9.86. The lowest BCUT2D eigenvalue weighted by atomic mass is 10.1. The molecule has 3 rings (SSSR count). The van der Waals surface area contributed by atoms with E-state index in [1.807, 2.05) is 0 Å². The number of anilines is 2. The standard InChI is InChI=1S/C20H19ClN2O5/c1-27-15-5-3-4-14(10-15)23-11-12(8-18(23)24)19(25)22-13-6-7-17(21)16(9-13)20(26)28-2/h3-7,9-10,12H,8,11H2,1-2H3,(H,22,25)/t12-/m1/s1. The maximum absolute atomic E-state index is 12.6. The van der Waals surface area contributed by atoms with Gasteiger partial charge in [0.25, 0.3) is 0 Å². The molecule has 8 heteroatoms. The number of methoxy groups -OCH3 is 2. The lowest BCUT2D eigenvalue weighted by molar-refractivity contribution is -0.122. The number of nitrogens with zero attached hydrogens (tertiary/aromatic N) is 1. The molecule has 1 aliphatic heterocycles. The van der Waals surface area contributed by atoms with E-state index in [1.54, 1.807) is 42.3 Å². The second-order valence-corrected chi connectivity index (χ2v) is 6.69. The average molecular weight is 403 g/mol. The molecule has 1 atom stereocenters. The van der Waals surface area contributed by atoms with Gasteiger partial charge in [0.15, 0.2) is 0 Å². The van der Waals surface area contributed by atoms with E-state index in [-0.39, 0.29) is 35.4 Å². The molecule has 0 saturated carbocycles. The lowest BCUT2D eigenvalue weighted by Crippen LogP contribution is -2.28. The van der Waals surface area contributed by atoms with E-state index in [1.165, 1.54) is 19.2 Å². The number of carbonyl (C=O) groups excluding carboxylic acids is 3. The van der Waals surface area contributed by atoms with E-state index in [0.717, 1.165) is 0 Å². The number of hydrogen-bond donors (Lipinski definition) is 1. The van der Waals surface area contributed by atoms with Gasteiger partial charge >= 0.3 is 5.97 Å². The van der Waals surface area contributed by atoms with Crippen LogP contribution in [0.4, 0.5) is 11.4 Å². The summed E-state index contributed by atoms with van der Waals surface area (Å²) in [6.45, 7) is 0.259. The van der Waals surface area contributed by atoms with Gasteiger partial charge in [-0.05, 0) is 30.3 Å². The Morgan fingerprint density at radius 2 is 1.96 bits per heavy atom. The summed E-state index contributed by atoms with van der Waals surface area (Å²) in [6.07, 6.45) is 0.0977. The van der Waals surface area contributed by atoms with Gasteiger partial charge < -0.3 is 19.7 Å². The van der Waals surface area contributed by atoms with E-state index >= 15 is 0 Å². The van der Waals surface area contributed by atoms with Crippen LogP contribution in [0, 0.1) is 5.92 Å². The Balaban J connectivity index is 1.72. The first-order chi connectivity index (χ1) is 13.4. The van der Waals surface area contributed by atoms with Crippen molar-refractivity contribution in [3.63, 3.8) is 0 Å². The van der Waals surface area contributed by atoms with Crippen molar-refractivity contribution in [2.75, 3.05) is 31.0 Å². The third-order valence-electron chi connectivity index (χ3n) is 4.50. The highest BCUT2D eigenvalue weighted by molar-refractivity contribution is 6.33. The van der Waals surface area contributed by atoms with Crippen molar-refractivity contribution in [1.29, 1.82) is 0 Å². The summed E-state index contributed by atoms with van der Waals surface area (Å²) >= 11 is 5.99. The zero-order chi connectivity index (χ0) is 20.3. The first kappa shape index (κ1) is 19.7. The van der Waals surface area contributed by atoms with Crippen molar-refractivity contribution < 1.29 is 23.9 Å². The van der Waals surface area contributed by atoms with Crippen molar-refractivity contribution in [3.8, 4) is 5.75 Å². The van der Waals surface area contributed by atoms with E-state index < -0.39 is 11.9 Å². The zero-order valence-electron chi connectivity index (χ0n) is 15.4. The number of ether oxygens (including phenoxy) is 2. The lowest BCUT2D eigenvalue weighted by Gasteiger charge is -2.17.